The zero-order valence-electron chi connectivity index (χ0n) is 9.79. The molecule has 1 aliphatic heterocycles. The van der Waals surface area contributed by atoms with Crippen LogP contribution in [0, 0.1) is 6.92 Å². The summed E-state index contributed by atoms with van der Waals surface area (Å²) < 4.78 is 10.4. The highest BCUT2D eigenvalue weighted by atomic mass is 35.5. The van der Waals surface area contributed by atoms with Crippen molar-refractivity contribution in [1.29, 1.82) is 0 Å². The predicted molar refractivity (Wildman–Crippen MR) is 64.4 cm³/mol. The van der Waals surface area contributed by atoms with E-state index in [0.717, 1.165) is 18.6 Å². The number of rotatable bonds is 3. The Morgan fingerprint density at radius 3 is 2.76 bits per heavy atom. The Kier molecular flexibility index (Phi) is 3.74. The largest absolute Gasteiger partial charge is 0.469 e. The van der Waals surface area contributed by atoms with Crippen LogP contribution in [0.4, 0.5) is 0 Å². The molecule has 0 aliphatic carbocycles. The number of ether oxygens (including phenoxy) is 1. The smallest absolute Gasteiger partial charge is 0.255 e. The molecule has 0 saturated carbocycles. The van der Waals surface area contributed by atoms with E-state index in [9.17, 15) is 4.79 Å². The third-order valence-electron chi connectivity index (χ3n) is 3.08. The molecule has 0 bridgehead atoms. The fraction of sp³-hybridized carbons (Fsp3) is 0.583. The molecule has 5 heteroatoms. The highest BCUT2D eigenvalue weighted by Gasteiger charge is 2.33. The highest BCUT2D eigenvalue weighted by Crippen LogP contribution is 2.23. The van der Waals surface area contributed by atoms with Crippen molar-refractivity contribution in [3.05, 3.63) is 23.7 Å². The quantitative estimate of drug-likeness (QED) is 0.844. The second kappa shape index (κ2) is 5.10. The average Bonchev–Trinajstić information content (AvgIpc) is 2.77. The topological polar surface area (TPSA) is 51.5 Å². The summed E-state index contributed by atoms with van der Waals surface area (Å²) in [6.07, 6.45) is 2.96. The summed E-state index contributed by atoms with van der Waals surface area (Å²) in [6, 6.07) is 1.72. The van der Waals surface area contributed by atoms with Crippen molar-refractivity contribution in [2.24, 2.45) is 0 Å². The summed E-state index contributed by atoms with van der Waals surface area (Å²) in [5, 5.41) is 3.00. The van der Waals surface area contributed by atoms with Crippen LogP contribution in [-0.4, -0.2) is 30.5 Å². The van der Waals surface area contributed by atoms with Gasteiger partial charge in [-0.15, -0.1) is 11.6 Å². The van der Waals surface area contributed by atoms with E-state index in [0.29, 0.717) is 24.7 Å². The number of hydrogen-bond acceptors (Lipinski definition) is 3. The Bertz CT molecular complexity index is 396. The molecule has 1 amide bonds. The van der Waals surface area contributed by atoms with Gasteiger partial charge in [0.15, 0.2) is 0 Å². The van der Waals surface area contributed by atoms with Crippen LogP contribution in [-0.2, 0) is 4.74 Å². The van der Waals surface area contributed by atoms with Crippen LogP contribution in [0.5, 0.6) is 0 Å². The summed E-state index contributed by atoms with van der Waals surface area (Å²) in [7, 11) is 0. The van der Waals surface area contributed by atoms with Crippen LogP contribution in [0.15, 0.2) is 16.7 Å². The van der Waals surface area contributed by atoms with E-state index in [1.807, 2.05) is 6.92 Å². The van der Waals surface area contributed by atoms with Gasteiger partial charge in [0.2, 0.25) is 0 Å². The number of furan rings is 1. The van der Waals surface area contributed by atoms with Crippen LogP contribution in [0.1, 0.15) is 29.0 Å². The monoisotopic (exact) mass is 257 g/mol. The van der Waals surface area contributed by atoms with Gasteiger partial charge in [0.1, 0.15) is 12.0 Å². The van der Waals surface area contributed by atoms with Crippen molar-refractivity contribution >= 4 is 17.5 Å². The number of halogens is 1. The Balaban J connectivity index is 2.05. The minimum absolute atomic E-state index is 0.135. The van der Waals surface area contributed by atoms with E-state index in [-0.39, 0.29) is 11.4 Å². The zero-order chi connectivity index (χ0) is 12.3. The van der Waals surface area contributed by atoms with Crippen molar-refractivity contribution in [2.75, 3.05) is 19.1 Å². The molecular formula is C12H16ClNO3. The molecule has 2 rings (SSSR count). The van der Waals surface area contributed by atoms with E-state index in [1.165, 1.54) is 6.26 Å². The fourth-order valence-electron chi connectivity index (χ4n) is 1.93. The number of alkyl halides is 1. The lowest BCUT2D eigenvalue weighted by molar-refractivity contribution is 0.0433. The molecule has 0 radical (unpaired) electrons. The first kappa shape index (κ1) is 12.5. The molecule has 1 aromatic rings. The molecule has 2 heterocycles. The lowest BCUT2D eigenvalue weighted by Crippen LogP contribution is -2.53. The number of amides is 1. The molecule has 1 aliphatic rings. The third-order valence-corrected chi connectivity index (χ3v) is 3.59. The third kappa shape index (κ3) is 2.82. The van der Waals surface area contributed by atoms with Gasteiger partial charge in [-0.25, -0.2) is 0 Å². The second-order valence-electron chi connectivity index (χ2n) is 4.43. The van der Waals surface area contributed by atoms with Gasteiger partial charge in [-0.1, -0.05) is 0 Å². The Labute approximate surface area is 105 Å². The van der Waals surface area contributed by atoms with Gasteiger partial charge < -0.3 is 14.5 Å². The standard InChI is InChI=1S/C12H16ClNO3/c1-9-6-10(7-17-9)11(15)14-12(8-13)2-4-16-5-3-12/h6-7H,2-5,8H2,1H3,(H,14,15). The first-order valence-corrected chi connectivity index (χ1v) is 6.20. The van der Waals surface area contributed by atoms with Gasteiger partial charge >= 0.3 is 0 Å². The van der Waals surface area contributed by atoms with Crippen LogP contribution < -0.4 is 5.32 Å². The maximum atomic E-state index is 12.0. The lowest BCUT2D eigenvalue weighted by atomic mass is 9.92. The fourth-order valence-corrected chi connectivity index (χ4v) is 2.26. The zero-order valence-corrected chi connectivity index (χ0v) is 10.5. The molecule has 94 valence electrons. The van der Waals surface area contributed by atoms with Crippen LogP contribution in [0.2, 0.25) is 0 Å². The molecule has 0 aromatic carbocycles. The number of hydrogen-bond donors (Lipinski definition) is 1. The van der Waals surface area contributed by atoms with Gasteiger partial charge in [0.05, 0.1) is 11.1 Å². The van der Waals surface area contributed by atoms with Gasteiger partial charge in [0.25, 0.3) is 5.91 Å². The van der Waals surface area contributed by atoms with E-state index < -0.39 is 0 Å². The molecular weight excluding hydrogens is 242 g/mol. The molecule has 0 unspecified atom stereocenters. The van der Waals surface area contributed by atoms with Crippen molar-refractivity contribution in [2.45, 2.75) is 25.3 Å². The van der Waals surface area contributed by atoms with Crippen LogP contribution >= 0.6 is 11.6 Å². The lowest BCUT2D eigenvalue weighted by Gasteiger charge is -2.36. The Hall–Kier alpha value is -1.00. The molecule has 17 heavy (non-hydrogen) atoms. The number of carbonyl (C=O) groups is 1. The number of aryl methyl sites for hydroxylation is 1. The van der Waals surface area contributed by atoms with Crippen LogP contribution in [0.25, 0.3) is 0 Å². The molecule has 1 aromatic heterocycles. The van der Waals surface area contributed by atoms with Crippen molar-refractivity contribution < 1.29 is 13.9 Å². The summed E-state index contributed by atoms with van der Waals surface area (Å²) in [5.41, 5.74) is 0.195. The average molecular weight is 258 g/mol. The highest BCUT2D eigenvalue weighted by molar-refractivity contribution is 6.19. The Morgan fingerprint density at radius 1 is 1.53 bits per heavy atom. The SMILES string of the molecule is Cc1cc(C(=O)NC2(CCl)CCOCC2)co1. The summed E-state index contributed by atoms with van der Waals surface area (Å²) in [4.78, 5) is 12.0. The van der Waals surface area contributed by atoms with Crippen molar-refractivity contribution in [3.8, 4) is 0 Å². The van der Waals surface area contributed by atoms with E-state index in [1.54, 1.807) is 6.07 Å². The molecule has 1 saturated heterocycles. The first-order valence-electron chi connectivity index (χ1n) is 5.67. The number of nitrogens with one attached hydrogen (secondary N) is 1. The van der Waals surface area contributed by atoms with Crippen molar-refractivity contribution in [1.82, 2.24) is 5.32 Å². The minimum Gasteiger partial charge on any atom is -0.469 e. The minimum atomic E-state index is -0.345. The van der Waals surface area contributed by atoms with Crippen molar-refractivity contribution in [3.63, 3.8) is 0 Å². The first-order chi connectivity index (χ1) is 8.15. The van der Waals surface area contributed by atoms with E-state index in [4.69, 9.17) is 20.8 Å². The molecule has 0 atom stereocenters. The summed E-state index contributed by atoms with van der Waals surface area (Å²) in [6.45, 7) is 3.08. The molecule has 1 N–H and O–H groups in total. The molecule has 0 spiro atoms. The summed E-state index contributed by atoms with van der Waals surface area (Å²) in [5.74, 6) is 0.991. The molecule has 1 fully saturated rings. The summed E-state index contributed by atoms with van der Waals surface area (Å²) >= 11 is 5.98. The Morgan fingerprint density at radius 2 is 2.24 bits per heavy atom. The number of carbonyl (C=O) groups excluding carboxylic acids is 1. The normalized spacial score (nSPS) is 18.9. The van der Waals surface area contributed by atoms with Gasteiger partial charge in [-0.3, -0.25) is 4.79 Å². The van der Waals surface area contributed by atoms with Gasteiger partial charge in [-0.2, -0.15) is 0 Å². The molecule has 4 nitrogen and oxygen atoms in total. The maximum absolute atomic E-state index is 12.0. The van der Waals surface area contributed by atoms with Gasteiger partial charge in [-0.05, 0) is 25.8 Å². The van der Waals surface area contributed by atoms with Crippen LogP contribution in [0.3, 0.4) is 0 Å². The predicted octanol–water partition coefficient (Wildman–Crippen LogP) is 2.11. The van der Waals surface area contributed by atoms with Gasteiger partial charge in [0, 0.05) is 19.1 Å². The maximum Gasteiger partial charge on any atom is 0.255 e. The van der Waals surface area contributed by atoms with E-state index >= 15 is 0 Å². The second-order valence-corrected chi connectivity index (χ2v) is 4.69. The van der Waals surface area contributed by atoms with E-state index in [2.05, 4.69) is 5.32 Å².